The van der Waals surface area contributed by atoms with E-state index in [0.29, 0.717) is 37.7 Å². The molecule has 2 rings (SSSR count). The number of carbonyl (C=O) groups is 2. The summed E-state index contributed by atoms with van der Waals surface area (Å²) in [4.78, 5) is 25.4. The van der Waals surface area contributed by atoms with Gasteiger partial charge in [0.05, 0.1) is 31.8 Å². The molecule has 1 saturated heterocycles. The van der Waals surface area contributed by atoms with Crippen molar-refractivity contribution in [3.63, 3.8) is 0 Å². The second-order valence-corrected chi connectivity index (χ2v) is 6.35. The summed E-state index contributed by atoms with van der Waals surface area (Å²) in [6.45, 7) is 2.94. The normalized spacial score (nSPS) is 15.3. The van der Waals surface area contributed by atoms with Crippen LogP contribution in [-0.2, 0) is 20.7 Å². The number of carboxylic acid groups (broad SMARTS) is 1. The molecule has 1 fully saturated rings. The Bertz CT molecular complexity index is 567. The van der Waals surface area contributed by atoms with Crippen LogP contribution in [0.25, 0.3) is 0 Å². The smallest absolute Gasteiger partial charge is 0.335 e. The third-order valence-corrected chi connectivity index (χ3v) is 4.62. The summed E-state index contributed by atoms with van der Waals surface area (Å²) in [7, 11) is 1.62. The number of benzene rings is 1. The predicted molar refractivity (Wildman–Crippen MR) is 93.7 cm³/mol. The summed E-state index contributed by atoms with van der Waals surface area (Å²) in [5.74, 6) is -0.332. The average molecular weight is 349 g/mol. The summed E-state index contributed by atoms with van der Waals surface area (Å²) >= 11 is 0. The monoisotopic (exact) mass is 349 g/mol. The van der Waals surface area contributed by atoms with Crippen LogP contribution in [0.3, 0.4) is 0 Å². The van der Waals surface area contributed by atoms with Gasteiger partial charge >= 0.3 is 5.97 Å². The Morgan fingerprint density at radius 3 is 2.56 bits per heavy atom. The molecule has 0 saturated carbocycles. The number of amides is 1. The third-order valence-electron chi connectivity index (χ3n) is 4.62. The molecule has 138 valence electrons. The number of aromatic carboxylic acids is 1. The molecule has 1 aromatic rings. The molecule has 0 unspecified atom stereocenters. The molecule has 1 N–H and O–H groups in total. The molecule has 25 heavy (non-hydrogen) atoms. The molecular weight excluding hydrogens is 322 g/mol. The maximum absolute atomic E-state index is 12.2. The second kappa shape index (κ2) is 10.2. The van der Waals surface area contributed by atoms with E-state index in [-0.39, 0.29) is 5.91 Å². The Morgan fingerprint density at radius 2 is 1.88 bits per heavy atom. The number of piperidine rings is 1. The molecule has 1 heterocycles. The zero-order chi connectivity index (χ0) is 18.1. The predicted octanol–water partition coefficient (Wildman–Crippen LogP) is 2.22. The fourth-order valence-corrected chi connectivity index (χ4v) is 3.17. The van der Waals surface area contributed by atoms with Crippen molar-refractivity contribution in [1.82, 2.24) is 4.90 Å². The van der Waals surface area contributed by atoms with E-state index in [1.54, 1.807) is 19.2 Å². The Hall–Kier alpha value is -1.92. The lowest BCUT2D eigenvalue weighted by molar-refractivity contribution is -0.133. The topological polar surface area (TPSA) is 76.1 Å². The first-order valence-corrected chi connectivity index (χ1v) is 8.77. The van der Waals surface area contributed by atoms with Gasteiger partial charge in [-0.2, -0.15) is 0 Å². The number of ether oxygens (including phenoxy) is 2. The highest BCUT2D eigenvalue weighted by Crippen LogP contribution is 2.23. The van der Waals surface area contributed by atoms with Crippen molar-refractivity contribution in [2.75, 3.05) is 40.0 Å². The lowest BCUT2D eigenvalue weighted by atomic mass is 9.88. The van der Waals surface area contributed by atoms with Gasteiger partial charge in [0.1, 0.15) is 0 Å². The first kappa shape index (κ1) is 19.4. The number of likely N-dealkylation sites (tertiary alicyclic amines) is 1. The van der Waals surface area contributed by atoms with E-state index in [1.165, 1.54) is 0 Å². The average Bonchev–Trinajstić information content (AvgIpc) is 2.62. The van der Waals surface area contributed by atoms with Gasteiger partial charge in [-0.05, 0) is 36.8 Å². The minimum Gasteiger partial charge on any atom is -0.478 e. The zero-order valence-electron chi connectivity index (χ0n) is 14.8. The number of methoxy groups -OCH3 is 1. The minimum atomic E-state index is -0.878. The lowest BCUT2D eigenvalue weighted by Crippen LogP contribution is -2.39. The Morgan fingerprint density at radius 1 is 1.16 bits per heavy atom. The number of nitrogens with zero attached hydrogens (tertiary/aromatic N) is 1. The number of hydrogen-bond acceptors (Lipinski definition) is 4. The Balaban J connectivity index is 1.74. The van der Waals surface area contributed by atoms with Gasteiger partial charge < -0.3 is 19.5 Å². The maximum atomic E-state index is 12.2. The Kier molecular flexibility index (Phi) is 7.88. The molecule has 6 nitrogen and oxygen atoms in total. The molecule has 0 spiro atoms. The molecule has 1 aliphatic heterocycles. The second-order valence-electron chi connectivity index (χ2n) is 6.35. The quantitative estimate of drug-likeness (QED) is 0.692. The number of carbonyl (C=O) groups excluding carboxylic acids is 1. The summed E-state index contributed by atoms with van der Waals surface area (Å²) in [6, 6.07) is 7.17. The van der Waals surface area contributed by atoms with Crippen LogP contribution in [0, 0.1) is 5.92 Å². The standard InChI is InChI=1S/C19H27NO5/c1-24-12-13-25-11-8-18(21)20-9-6-15(7-10-20)14-16-4-2-3-5-17(16)19(22)23/h2-5,15H,6-14H2,1H3,(H,22,23). The van der Waals surface area contributed by atoms with Crippen molar-refractivity contribution < 1.29 is 24.2 Å². The lowest BCUT2D eigenvalue weighted by Gasteiger charge is -2.32. The molecule has 1 aliphatic rings. The summed E-state index contributed by atoms with van der Waals surface area (Å²) in [5, 5.41) is 9.27. The van der Waals surface area contributed by atoms with Gasteiger partial charge in [0, 0.05) is 20.2 Å². The van der Waals surface area contributed by atoms with Crippen molar-refractivity contribution in [3.05, 3.63) is 35.4 Å². The first-order valence-electron chi connectivity index (χ1n) is 8.77. The minimum absolute atomic E-state index is 0.127. The number of hydrogen-bond donors (Lipinski definition) is 1. The maximum Gasteiger partial charge on any atom is 0.335 e. The van der Waals surface area contributed by atoms with Gasteiger partial charge in [0.25, 0.3) is 0 Å². The molecule has 0 aromatic heterocycles. The molecule has 1 aromatic carbocycles. The van der Waals surface area contributed by atoms with Crippen molar-refractivity contribution in [2.45, 2.75) is 25.7 Å². The van der Waals surface area contributed by atoms with Crippen LogP contribution in [0.4, 0.5) is 0 Å². The van der Waals surface area contributed by atoms with E-state index in [1.807, 2.05) is 17.0 Å². The van der Waals surface area contributed by atoms with Crippen LogP contribution in [0.5, 0.6) is 0 Å². The van der Waals surface area contributed by atoms with Crippen LogP contribution in [0.2, 0.25) is 0 Å². The molecular formula is C19H27NO5. The molecule has 0 atom stereocenters. The van der Waals surface area contributed by atoms with E-state index >= 15 is 0 Å². The van der Waals surface area contributed by atoms with Gasteiger partial charge in [0.15, 0.2) is 0 Å². The van der Waals surface area contributed by atoms with Gasteiger partial charge in [-0.3, -0.25) is 4.79 Å². The summed E-state index contributed by atoms with van der Waals surface area (Å²) < 4.78 is 10.2. The van der Waals surface area contributed by atoms with Crippen molar-refractivity contribution in [1.29, 1.82) is 0 Å². The van der Waals surface area contributed by atoms with Crippen LogP contribution >= 0.6 is 0 Å². The number of rotatable bonds is 9. The van der Waals surface area contributed by atoms with E-state index in [0.717, 1.165) is 37.9 Å². The number of carboxylic acids is 1. The van der Waals surface area contributed by atoms with Gasteiger partial charge in [-0.1, -0.05) is 18.2 Å². The highest BCUT2D eigenvalue weighted by Gasteiger charge is 2.23. The van der Waals surface area contributed by atoms with E-state index < -0.39 is 5.97 Å². The van der Waals surface area contributed by atoms with Gasteiger partial charge in [-0.25, -0.2) is 4.79 Å². The Labute approximate surface area is 148 Å². The van der Waals surface area contributed by atoms with Crippen molar-refractivity contribution in [3.8, 4) is 0 Å². The van der Waals surface area contributed by atoms with Gasteiger partial charge in [-0.15, -0.1) is 0 Å². The zero-order valence-corrected chi connectivity index (χ0v) is 14.8. The van der Waals surface area contributed by atoms with E-state index in [4.69, 9.17) is 9.47 Å². The fourth-order valence-electron chi connectivity index (χ4n) is 3.17. The molecule has 1 amide bonds. The molecule has 0 aliphatic carbocycles. The molecule has 0 bridgehead atoms. The largest absolute Gasteiger partial charge is 0.478 e. The van der Waals surface area contributed by atoms with Crippen LogP contribution in [0.15, 0.2) is 24.3 Å². The molecule has 6 heteroatoms. The highest BCUT2D eigenvalue weighted by molar-refractivity contribution is 5.89. The third kappa shape index (κ3) is 6.14. The van der Waals surface area contributed by atoms with Crippen LogP contribution in [-0.4, -0.2) is 61.9 Å². The molecule has 0 radical (unpaired) electrons. The van der Waals surface area contributed by atoms with Crippen molar-refractivity contribution >= 4 is 11.9 Å². The van der Waals surface area contributed by atoms with E-state index in [2.05, 4.69) is 0 Å². The van der Waals surface area contributed by atoms with E-state index in [9.17, 15) is 14.7 Å². The highest BCUT2D eigenvalue weighted by atomic mass is 16.5. The summed E-state index contributed by atoms with van der Waals surface area (Å²) in [6.07, 6.45) is 2.97. The SMILES string of the molecule is COCCOCCC(=O)N1CCC(Cc2ccccc2C(=O)O)CC1. The van der Waals surface area contributed by atoms with Gasteiger partial charge in [0.2, 0.25) is 5.91 Å². The first-order chi connectivity index (χ1) is 12.1. The summed E-state index contributed by atoms with van der Waals surface area (Å²) in [5.41, 5.74) is 1.26. The van der Waals surface area contributed by atoms with Crippen LogP contribution < -0.4 is 0 Å². The van der Waals surface area contributed by atoms with Crippen molar-refractivity contribution in [2.24, 2.45) is 5.92 Å². The fraction of sp³-hybridized carbons (Fsp3) is 0.579. The van der Waals surface area contributed by atoms with Crippen LogP contribution in [0.1, 0.15) is 35.2 Å².